The number of aliphatic carboxylic acids is 1. The summed E-state index contributed by atoms with van der Waals surface area (Å²) in [5.74, 6) is -1.58. The zero-order valence-electron chi connectivity index (χ0n) is 8.37. The average molecular weight is 260 g/mol. The Kier molecular flexibility index (Phi) is 3.31. The van der Waals surface area contributed by atoms with Gasteiger partial charge in [0.2, 0.25) is 0 Å². The van der Waals surface area contributed by atoms with Crippen LogP contribution in [0.1, 0.15) is 18.3 Å². The molecule has 0 aliphatic rings. The summed E-state index contributed by atoms with van der Waals surface area (Å²) in [6, 6.07) is 0. The van der Waals surface area contributed by atoms with Crippen LogP contribution in [0, 0.1) is 19.8 Å². The van der Waals surface area contributed by atoms with Crippen molar-refractivity contribution in [3.8, 4) is 0 Å². The van der Waals surface area contributed by atoms with Crippen molar-refractivity contribution < 1.29 is 9.90 Å². The number of hydrogen-bond acceptors (Lipinski definition) is 3. The van der Waals surface area contributed by atoms with E-state index in [0.717, 1.165) is 15.9 Å². The Balaban J connectivity index is 2.87. The van der Waals surface area contributed by atoms with Gasteiger partial charge in [0.1, 0.15) is 0 Å². The molecular formula is C9H12BrN2O2-. The first-order valence-electron chi connectivity index (χ1n) is 4.33. The van der Waals surface area contributed by atoms with Gasteiger partial charge in [0, 0.05) is 24.1 Å². The van der Waals surface area contributed by atoms with E-state index in [1.807, 2.05) is 13.8 Å². The molecule has 0 aromatic carbocycles. The number of aromatic nitrogens is 2. The van der Waals surface area contributed by atoms with Crippen LogP contribution in [0.15, 0.2) is 4.47 Å². The summed E-state index contributed by atoms with van der Waals surface area (Å²) in [7, 11) is 0. The van der Waals surface area contributed by atoms with Gasteiger partial charge in [-0.05, 0) is 29.8 Å². The molecule has 0 radical (unpaired) electrons. The molecule has 1 atom stereocenters. The maximum atomic E-state index is 10.5. The highest BCUT2D eigenvalue weighted by Gasteiger charge is 2.11. The van der Waals surface area contributed by atoms with E-state index in [9.17, 15) is 9.90 Å². The Morgan fingerprint density at radius 3 is 2.57 bits per heavy atom. The van der Waals surface area contributed by atoms with Gasteiger partial charge in [0.25, 0.3) is 0 Å². The van der Waals surface area contributed by atoms with Crippen LogP contribution < -0.4 is 5.11 Å². The van der Waals surface area contributed by atoms with Gasteiger partial charge in [-0.1, -0.05) is 6.92 Å². The lowest BCUT2D eigenvalue weighted by Gasteiger charge is -2.13. The second kappa shape index (κ2) is 4.13. The summed E-state index contributed by atoms with van der Waals surface area (Å²) in [6.45, 7) is 5.73. The van der Waals surface area contributed by atoms with Crippen LogP contribution in [0.2, 0.25) is 0 Å². The predicted octanol–water partition coefficient (Wildman–Crippen LogP) is 0.648. The molecule has 0 spiro atoms. The lowest BCUT2D eigenvalue weighted by atomic mass is 10.2. The van der Waals surface area contributed by atoms with Crippen molar-refractivity contribution in [3.63, 3.8) is 0 Å². The topological polar surface area (TPSA) is 58.0 Å². The molecular weight excluding hydrogens is 248 g/mol. The van der Waals surface area contributed by atoms with Crippen LogP contribution in [0.3, 0.4) is 0 Å². The Hall–Kier alpha value is -0.840. The Morgan fingerprint density at radius 2 is 2.21 bits per heavy atom. The third-order valence-corrected chi connectivity index (χ3v) is 3.29. The number of carbonyl (C=O) groups excluding carboxylic acids is 1. The predicted molar refractivity (Wildman–Crippen MR) is 53.6 cm³/mol. The van der Waals surface area contributed by atoms with Crippen molar-refractivity contribution in [1.29, 1.82) is 0 Å². The smallest absolute Gasteiger partial charge is 0.0738 e. The first-order valence-corrected chi connectivity index (χ1v) is 5.13. The summed E-state index contributed by atoms with van der Waals surface area (Å²) in [4.78, 5) is 10.5. The van der Waals surface area contributed by atoms with E-state index >= 15 is 0 Å². The molecule has 1 rings (SSSR count). The minimum absolute atomic E-state index is 0.348. The first kappa shape index (κ1) is 11.2. The number of rotatable bonds is 3. The SMILES string of the molecule is Cc1nn(C[C@@H](C)C(=O)[O-])c(C)c1Br. The van der Waals surface area contributed by atoms with Gasteiger partial charge in [-0.15, -0.1) is 0 Å². The van der Waals surface area contributed by atoms with E-state index < -0.39 is 11.9 Å². The fraction of sp³-hybridized carbons (Fsp3) is 0.556. The maximum Gasteiger partial charge on any atom is 0.0738 e. The van der Waals surface area contributed by atoms with Crippen LogP contribution in [-0.4, -0.2) is 15.7 Å². The van der Waals surface area contributed by atoms with Crippen molar-refractivity contribution in [2.75, 3.05) is 0 Å². The summed E-state index contributed by atoms with van der Waals surface area (Å²) < 4.78 is 2.61. The minimum atomic E-state index is -1.05. The lowest BCUT2D eigenvalue weighted by molar-refractivity contribution is -0.311. The Morgan fingerprint density at radius 1 is 1.64 bits per heavy atom. The van der Waals surface area contributed by atoms with Gasteiger partial charge in [0.15, 0.2) is 0 Å². The molecule has 0 aliphatic heterocycles. The summed E-state index contributed by atoms with van der Waals surface area (Å²) >= 11 is 3.38. The third kappa shape index (κ3) is 2.15. The van der Waals surface area contributed by atoms with E-state index in [1.54, 1.807) is 11.6 Å². The zero-order valence-corrected chi connectivity index (χ0v) is 9.96. The molecule has 1 aromatic heterocycles. The number of aryl methyl sites for hydroxylation is 1. The van der Waals surface area contributed by atoms with Gasteiger partial charge >= 0.3 is 0 Å². The highest BCUT2D eigenvalue weighted by molar-refractivity contribution is 9.10. The second-order valence-electron chi connectivity index (χ2n) is 3.39. The molecule has 0 fully saturated rings. The monoisotopic (exact) mass is 259 g/mol. The van der Waals surface area contributed by atoms with Crippen molar-refractivity contribution in [1.82, 2.24) is 9.78 Å². The number of carboxylic acid groups (broad SMARTS) is 1. The molecule has 0 aliphatic carbocycles. The maximum absolute atomic E-state index is 10.5. The van der Waals surface area contributed by atoms with Crippen molar-refractivity contribution in [2.24, 2.45) is 5.92 Å². The summed E-state index contributed by atoms with van der Waals surface area (Å²) in [6.07, 6.45) is 0. The van der Waals surface area contributed by atoms with Crippen LogP contribution in [0.5, 0.6) is 0 Å². The molecule has 1 heterocycles. The van der Waals surface area contributed by atoms with E-state index in [0.29, 0.717) is 6.54 Å². The standard InChI is InChI=1S/C9H13BrN2O2/c1-5(9(13)14)4-12-7(3)8(10)6(2)11-12/h5H,4H2,1-3H3,(H,13,14)/p-1/t5-/m1/s1. The van der Waals surface area contributed by atoms with E-state index in [4.69, 9.17) is 0 Å². The largest absolute Gasteiger partial charge is 0.550 e. The summed E-state index contributed by atoms with van der Waals surface area (Å²) in [5.41, 5.74) is 1.81. The molecule has 0 N–H and O–H groups in total. The molecule has 5 heteroatoms. The quantitative estimate of drug-likeness (QED) is 0.801. The number of nitrogens with zero attached hydrogens (tertiary/aromatic N) is 2. The van der Waals surface area contributed by atoms with Gasteiger partial charge in [-0.3, -0.25) is 4.68 Å². The minimum Gasteiger partial charge on any atom is -0.550 e. The highest BCUT2D eigenvalue weighted by atomic mass is 79.9. The molecule has 78 valence electrons. The highest BCUT2D eigenvalue weighted by Crippen LogP contribution is 2.20. The van der Waals surface area contributed by atoms with Gasteiger partial charge in [-0.25, -0.2) is 0 Å². The van der Waals surface area contributed by atoms with E-state index in [1.165, 1.54) is 0 Å². The average Bonchev–Trinajstić information content (AvgIpc) is 2.33. The third-order valence-electron chi connectivity index (χ3n) is 2.14. The van der Waals surface area contributed by atoms with Crippen molar-refractivity contribution in [2.45, 2.75) is 27.3 Å². The molecule has 14 heavy (non-hydrogen) atoms. The van der Waals surface area contributed by atoms with Crippen LogP contribution in [-0.2, 0) is 11.3 Å². The Labute approximate surface area is 91.1 Å². The van der Waals surface area contributed by atoms with Gasteiger partial charge in [0.05, 0.1) is 10.2 Å². The molecule has 0 bridgehead atoms. The molecule has 0 saturated carbocycles. The van der Waals surface area contributed by atoms with Crippen molar-refractivity contribution >= 4 is 21.9 Å². The van der Waals surface area contributed by atoms with Gasteiger partial charge < -0.3 is 9.90 Å². The van der Waals surface area contributed by atoms with Crippen LogP contribution in [0.25, 0.3) is 0 Å². The molecule has 0 unspecified atom stereocenters. The van der Waals surface area contributed by atoms with E-state index in [2.05, 4.69) is 21.0 Å². The molecule has 0 saturated heterocycles. The first-order chi connectivity index (χ1) is 6.43. The molecule has 4 nitrogen and oxygen atoms in total. The number of carbonyl (C=O) groups is 1. The Bertz CT molecular complexity index is 360. The van der Waals surface area contributed by atoms with Crippen LogP contribution in [0.4, 0.5) is 0 Å². The number of hydrogen-bond donors (Lipinski definition) is 0. The second-order valence-corrected chi connectivity index (χ2v) is 4.18. The zero-order chi connectivity index (χ0) is 10.9. The summed E-state index contributed by atoms with van der Waals surface area (Å²) in [5, 5.41) is 14.8. The lowest BCUT2D eigenvalue weighted by Crippen LogP contribution is -2.32. The van der Waals surface area contributed by atoms with Crippen LogP contribution >= 0.6 is 15.9 Å². The normalized spacial score (nSPS) is 12.9. The number of halogens is 1. The fourth-order valence-corrected chi connectivity index (χ4v) is 1.47. The van der Waals surface area contributed by atoms with Gasteiger partial charge in [-0.2, -0.15) is 5.10 Å². The van der Waals surface area contributed by atoms with E-state index in [-0.39, 0.29) is 0 Å². The van der Waals surface area contributed by atoms with Crippen molar-refractivity contribution in [3.05, 3.63) is 15.9 Å². The molecule has 1 aromatic rings. The fourth-order valence-electron chi connectivity index (χ4n) is 1.19. The molecule has 0 amide bonds. The number of carboxylic acids is 1.